The van der Waals surface area contributed by atoms with Crippen molar-refractivity contribution in [3.63, 3.8) is 0 Å². The largest absolute Gasteiger partial charge is 0.516 e. The molecule has 0 spiro atoms. The van der Waals surface area contributed by atoms with E-state index < -0.39 is 21.6 Å². The van der Waals surface area contributed by atoms with Gasteiger partial charge in [-0.25, -0.2) is 0 Å². The van der Waals surface area contributed by atoms with Crippen molar-refractivity contribution in [2.75, 3.05) is 4.31 Å². The molecule has 0 saturated carbocycles. The number of alkyl halides is 3. The number of benzene rings is 1. The highest BCUT2D eigenvalue weighted by molar-refractivity contribution is 14.1. The highest BCUT2D eigenvalue weighted by Crippen LogP contribution is 2.35. The molecule has 0 N–H and O–H groups in total. The van der Waals surface area contributed by atoms with Crippen molar-refractivity contribution in [1.82, 2.24) is 0 Å². The predicted octanol–water partition coefficient (Wildman–Crippen LogP) is 3.69. The molecule has 0 aliphatic heterocycles. The second kappa shape index (κ2) is 6.17. The molecule has 0 aliphatic carbocycles. The molecule has 0 unspecified atom stereocenters. The van der Waals surface area contributed by atoms with Crippen LogP contribution in [0, 0.1) is 3.57 Å². The van der Waals surface area contributed by atoms with Gasteiger partial charge in [0, 0.05) is 3.57 Å². The Morgan fingerprint density at radius 3 is 2.10 bits per heavy atom. The minimum absolute atomic E-state index is 0.0739. The Balaban J connectivity index is 3.58. The maximum atomic E-state index is 12.8. The van der Waals surface area contributed by atoms with E-state index in [4.69, 9.17) is 0 Å². The number of nitrogens with zero attached hydrogens (tertiary/aromatic N) is 1. The number of hydrogen-bond acceptors (Lipinski definition) is 2. The maximum absolute atomic E-state index is 12.8. The van der Waals surface area contributed by atoms with Gasteiger partial charge in [-0.15, -0.1) is 13.2 Å². The van der Waals surface area contributed by atoms with Gasteiger partial charge in [-0.2, -0.15) is 21.6 Å². The number of rotatable bonds is 5. The van der Waals surface area contributed by atoms with Crippen LogP contribution in [0.5, 0.6) is 0 Å². The van der Waals surface area contributed by atoms with Crippen molar-refractivity contribution in [3.8, 4) is 0 Å². The smallest absolute Gasteiger partial charge is 0.251 e. The molecule has 0 aliphatic rings. The first kappa shape index (κ1) is 17.0. The Morgan fingerprint density at radius 1 is 1.20 bits per heavy atom. The Hall–Kier alpha value is -1.03. The fourth-order valence-electron chi connectivity index (χ4n) is 1.48. The molecule has 0 radical (unpaired) electrons. The van der Waals surface area contributed by atoms with Crippen LogP contribution < -0.4 is 4.31 Å². The van der Waals surface area contributed by atoms with Crippen molar-refractivity contribution in [3.05, 3.63) is 53.1 Å². The second-order valence-electron chi connectivity index (χ2n) is 3.66. The van der Waals surface area contributed by atoms with Crippen molar-refractivity contribution in [2.24, 2.45) is 0 Å². The maximum Gasteiger partial charge on any atom is 0.516 e. The van der Waals surface area contributed by atoms with E-state index >= 15 is 0 Å². The first-order valence-electron chi connectivity index (χ1n) is 5.27. The molecule has 0 fully saturated rings. The number of sulfonamides is 1. The average molecular weight is 417 g/mol. The van der Waals surface area contributed by atoms with Gasteiger partial charge in [0.15, 0.2) is 0 Å². The fraction of sp³-hybridized carbons (Fsp3) is 0.167. The summed E-state index contributed by atoms with van der Waals surface area (Å²) in [4.78, 5) is 0. The lowest BCUT2D eigenvalue weighted by Gasteiger charge is -2.30. The van der Waals surface area contributed by atoms with Crippen LogP contribution >= 0.6 is 22.6 Å². The van der Waals surface area contributed by atoms with E-state index in [1.54, 1.807) is 28.7 Å². The summed E-state index contributed by atoms with van der Waals surface area (Å²) < 4.78 is 62.7. The van der Waals surface area contributed by atoms with E-state index in [2.05, 4.69) is 13.2 Å². The summed E-state index contributed by atoms with van der Waals surface area (Å²) in [6.07, 6.45) is 2.17. The van der Waals surface area contributed by atoms with E-state index in [-0.39, 0.29) is 9.99 Å². The van der Waals surface area contributed by atoms with Crippen LogP contribution in [0.1, 0.15) is 0 Å². The summed E-state index contributed by atoms with van der Waals surface area (Å²) in [6.45, 7) is 6.71. The molecule has 20 heavy (non-hydrogen) atoms. The summed E-state index contributed by atoms with van der Waals surface area (Å²) in [6, 6.07) is 4.67. The van der Waals surface area contributed by atoms with E-state index in [1.165, 1.54) is 18.2 Å². The van der Waals surface area contributed by atoms with Gasteiger partial charge in [0.05, 0.1) is 11.7 Å². The highest BCUT2D eigenvalue weighted by Gasteiger charge is 2.51. The van der Waals surface area contributed by atoms with Crippen LogP contribution in [-0.4, -0.2) is 20.0 Å². The topological polar surface area (TPSA) is 37.4 Å². The first-order valence-corrected chi connectivity index (χ1v) is 7.79. The molecule has 0 aromatic heterocycles. The van der Waals surface area contributed by atoms with Crippen LogP contribution in [0.3, 0.4) is 0 Å². The predicted molar refractivity (Wildman–Crippen MR) is 80.8 cm³/mol. The number of para-hydroxylation sites is 1. The minimum Gasteiger partial charge on any atom is -0.251 e. The molecule has 0 saturated heterocycles. The van der Waals surface area contributed by atoms with E-state index in [1.807, 2.05) is 0 Å². The molecule has 0 amide bonds. The molecule has 8 heteroatoms. The Labute approximate surface area is 129 Å². The number of anilines is 1. The van der Waals surface area contributed by atoms with Crippen LogP contribution in [0.15, 0.2) is 49.6 Å². The third kappa shape index (κ3) is 3.17. The number of halogens is 4. The molecular formula is C12H11F3INO2S. The third-order valence-electron chi connectivity index (χ3n) is 2.40. The average Bonchev–Trinajstić information content (AvgIpc) is 2.35. The third-order valence-corrected chi connectivity index (χ3v) is 4.85. The Morgan fingerprint density at radius 2 is 1.70 bits per heavy atom. The van der Waals surface area contributed by atoms with Gasteiger partial charge >= 0.3 is 15.5 Å². The summed E-state index contributed by atoms with van der Waals surface area (Å²) in [5.41, 5.74) is -5.48. The van der Waals surface area contributed by atoms with Gasteiger partial charge < -0.3 is 0 Å². The van der Waals surface area contributed by atoms with Crippen LogP contribution in [0.4, 0.5) is 18.9 Å². The molecule has 0 atom stereocenters. The van der Waals surface area contributed by atoms with E-state index in [0.717, 1.165) is 12.2 Å². The molecule has 1 rings (SSSR count). The normalized spacial score (nSPS) is 12.2. The van der Waals surface area contributed by atoms with E-state index in [0.29, 0.717) is 3.57 Å². The van der Waals surface area contributed by atoms with Crippen molar-refractivity contribution < 1.29 is 21.6 Å². The summed E-state index contributed by atoms with van der Waals surface area (Å²) in [7, 11) is -5.55. The minimum atomic E-state index is -5.55. The van der Waals surface area contributed by atoms with Gasteiger partial charge in [-0.1, -0.05) is 24.3 Å². The Kier molecular flexibility index (Phi) is 5.25. The van der Waals surface area contributed by atoms with Gasteiger partial charge in [0.2, 0.25) is 0 Å². The molecular weight excluding hydrogens is 406 g/mol. The zero-order valence-corrected chi connectivity index (χ0v) is 13.1. The zero-order chi connectivity index (χ0) is 15.6. The zero-order valence-electron chi connectivity index (χ0n) is 10.1. The monoisotopic (exact) mass is 417 g/mol. The SMILES string of the molecule is C=CC(C=C)N(c1ccccc1I)S(=O)(=O)C(F)(F)F. The lowest BCUT2D eigenvalue weighted by atomic mass is 10.2. The second-order valence-corrected chi connectivity index (χ2v) is 6.63. The molecule has 0 bridgehead atoms. The molecule has 0 heterocycles. The quantitative estimate of drug-likeness (QED) is 0.542. The Bertz CT molecular complexity index is 605. The highest BCUT2D eigenvalue weighted by atomic mass is 127. The van der Waals surface area contributed by atoms with Gasteiger partial charge in [0.25, 0.3) is 0 Å². The molecule has 1 aromatic carbocycles. The van der Waals surface area contributed by atoms with Gasteiger partial charge in [-0.05, 0) is 34.7 Å². The first-order chi connectivity index (χ1) is 9.16. The van der Waals surface area contributed by atoms with Gasteiger partial charge in [-0.3, -0.25) is 4.31 Å². The van der Waals surface area contributed by atoms with Crippen LogP contribution in [0.2, 0.25) is 0 Å². The number of hydrogen-bond donors (Lipinski definition) is 0. The molecule has 3 nitrogen and oxygen atoms in total. The fourth-order valence-corrected chi connectivity index (χ4v) is 3.42. The van der Waals surface area contributed by atoms with Crippen molar-refractivity contribution in [1.29, 1.82) is 0 Å². The van der Waals surface area contributed by atoms with Gasteiger partial charge in [0.1, 0.15) is 0 Å². The molecule has 1 aromatic rings. The van der Waals surface area contributed by atoms with Crippen LogP contribution in [-0.2, 0) is 10.0 Å². The lowest BCUT2D eigenvalue weighted by Crippen LogP contribution is -2.45. The summed E-state index contributed by atoms with van der Waals surface area (Å²) in [5, 5.41) is 0. The van der Waals surface area contributed by atoms with Crippen LogP contribution in [0.25, 0.3) is 0 Å². The standard InChI is InChI=1S/C12H11F3INO2S/c1-3-9(4-2)17(20(18,19)12(13,14)15)11-8-6-5-7-10(11)16/h3-9H,1-2H2. The summed E-state index contributed by atoms with van der Waals surface area (Å²) in [5.74, 6) is 0. The van der Waals surface area contributed by atoms with E-state index in [9.17, 15) is 21.6 Å². The summed E-state index contributed by atoms with van der Waals surface area (Å²) >= 11 is 1.77. The van der Waals surface area contributed by atoms with Crippen molar-refractivity contribution in [2.45, 2.75) is 11.6 Å². The van der Waals surface area contributed by atoms with Crippen molar-refractivity contribution >= 4 is 38.3 Å². The molecule has 110 valence electrons. The lowest BCUT2D eigenvalue weighted by molar-refractivity contribution is -0.0439.